The van der Waals surface area contributed by atoms with Crippen LogP contribution in [-0.4, -0.2) is 9.97 Å². The van der Waals surface area contributed by atoms with Gasteiger partial charge >= 0.3 is 0 Å². The van der Waals surface area contributed by atoms with E-state index >= 15 is 0 Å². The number of fused-ring (bicyclic) bond motifs is 7. The van der Waals surface area contributed by atoms with E-state index in [0.29, 0.717) is 5.82 Å². The summed E-state index contributed by atoms with van der Waals surface area (Å²) in [4.78, 5) is 10.1. The molecule has 0 atom stereocenters. The topological polar surface area (TPSA) is 38.9 Å². The maximum absolute atomic E-state index is 6.53. The standard InChI is InChI=1S/C41H28N2O/c1-41(2)34-14-8-6-12-29(34)32-23-33-30-21-20-28(22-37(30)44-38(33)24-35(32)41)40-42-36-15-9-7-13-31(36)39(43-40)27-18-16-26(17-19-27)25-10-4-3-5-11-25/h3-24H,1-2H3. The van der Waals surface area contributed by atoms with Crippen molar-refractivity contribution in [3.8, 4) is 44.9 Å². The van der Waals surface area contributed by atoms with Crippen LogP contribution in [0.4, 0.5) is 0 Å². The maximum atomic E-state index is 6.53. The van der Waals surface area contributed by atoms with Gasteiger partial charge in [0.15, 0.2) is 5.82 Å². The summed E-state index contributed by atoms with van der Waals surface area (Å²) >= 11 is 0. The Morgan fingerprint density at radius 3 is 2.02 bits per heavy atom. The maximum Gasteiger partial charge on any atom is 0.160 e. The van der Waals surface area contributed by atoms with Gasteiger partial charge in [-0.15, -0.1) is 0 Å². The lowest BCUT2D eigenvalue weighted by Gasteiger charge is -2.21. The van der Waals surface area contributed by atoms with Crippen molar-refractivity contribution in [1.82, 2.24) is 9.97 Å². The molecule has 0 unspecified atom stereocenters. The molecule has 2 heterocycles. The molecule has 1 aliphatic carbocycles. The third-order valence-corrected chi connectivity index (χ3v) is 9.30. The Bertz CT molecular complexity index is 2400. The predicted octanol–water partition coefficient (Wildman–Crippen LogP) is 10.8. The fourth-order valence-electron chi connectivity index (χ4n) is 6.99. The molecule has 0 amide bonds. The van der Waals surface area contributed by atoms with Crippen LogP contribution in [0, 0.1) is 0 Å². The molecular formula is C41H28N2O. The Hall–Kier alpha value is -5.54. The third-order valence-electron chi connectivity index (χ3n) is 9.30. The molecule has 0 radical (unpaired) electrons. The van der Waals surface area contributed by atoms with Gasteiger partial charge in [-0.3, -0.25) is 0 Å². The van der Waals surface area contributed by atoms with Crippen molar-refractivity contribution >= 4 is 32.8 Å². The number of rotatable bonds is 3. The highest BCUT2D eigenvalue weighted by molar-refractivity contribution is 6.08. The smallest absolute Gasteiger partial charge is 0.160 e. The zero-order valence-electron chi connectivity index (χ0n) is 24.5. The lowest BCUT2D eigenvalue weighted by atomic mass is 9.82. The van der Waals surface area contributed by atoms with Crippen LogP contribution < -0.4 is 0 Å². The van der Waals surface area contributed by atoms with Crippen molar-refractivity contribution in [2.45, 2.75) is 19.3 Å². The van der Waals surface area contributed by atoms with E-state index < -0.39 is 0 Å². The summed E-state index contributed by atoms with van der Waals surface area (Å²) in [6, 6.07) is 47.0. The summed E-state index contributed by atoms with van der Waals surface area (Å²) in [6.45, 7) is 4.60. The van der Waals surface area contributed by atoms with Crippen LogP contribution in [0.5, 0.6) is 0 Å². The molecule has 0 saturated carbocycles. The van der Waals surface area contributed by atoms with E-state index in [4.69, 9.17) is 14.4 Å². The van der Waals surface area contributed by atoms with Gasteiger partial charge in [0, 0.05) is 32.7 Å². The number of furan rings is 1. The van der Waals surface area contributed by atoms with Crippen molar-refractivity contribution in [2.75, 3.05) is 0 Å². The minimum atomic E-state index is -0.0705. The fourth-order valence-corrected chi connectivity index (χ4v) is 6.99. The molecular weight excluding hydrogens is 536 g/mol. The van der Waals surface area contributed by atoms with Gasteiger partial charge in [-0.25, -0.2) is 9.97 Å². The monoisotopic (exact) mass is 564 g/mol. The average Bonchev–Trinajstić information content (AvgIpc) is 3.54. The van der Waals surface area contributed by atoms with Gasteiger partial charge in [0.1, 0.15) is 11.2 Å². The number of para-hydroxylation sites is 1. The second kappa shape index (κ2) is 9.23. The molecule has 0 N–H and O–H groups in total. The molecule has 208 valence electrons. The summed E-state index contributed by atoms with van der Waals surface area (Å²) in [7, 11) is 0. The summed E-state index contributed by atoms with van der Waals surface area (Å²) in [5, 5.41) is 3.27. The first kappa shape index (κ1) is 25.0. The Balaban J connectivity index is 1.17. The molecule has 0 aliphatic heterocycles. The van der Waals surface area contributed by atoms with Gasteiger partial charge in [-0.05, 0) is 63.7 Å². The molecule has 44 heavy (non-hydrogen) atoms. The normalized spacial score (nSPS) is 13.4. The number of aromatic nitrogens is 2. The third kappa shape index (κ3) is 3.69. The molecule has 0 fully saturated rings. The number of hydrogen-bond acceptors (Lipinski definition) is 3. The lowest BCUT2D eigenvalue weighted by molar-refractivity contribution is 0.647. The zero-order chi connectivity index (χ0) is 29.4. The molecule has 8 aromatic rings. The Morgan fingerprint density at radius 1 is 0.477 bits per heavy atom. The molecule has 0 saturated heterocycles. The minimum Gasteiger partial charge on any atom is -0.456 e. The Kier molecular flexibility index (Phi) is 5.24. The van der Waals surface area contributed by atoms with E-state index in [1.54, 1.807) is 0 Å². The van der Waals surface area contributed by atoms with Gasteiger partial charge in [0.2, 0.25) is 0 Å². The first-order valence-corrected chi connectivity index (χ1v) is 15.1. The number of hydrogen-bond donors (Lipinski definition) is 0. The second-order valence-electron chi connectivity index (χ2n) is 12.2. The van der Waals surface area contributed by atoms with Crippen molar-refractivity contribution in [3.63, 3.8) is 0 Å². The van der Waals surface area contributed by atoms with E-state index in [-0.39, 0.29) is 5.41 Å². The van der Waals surface area contributed by atoms with Crippen LogP contribution in [0.1, 0.15) is 25.0 Å². The summed E-state index contributed by atoms with van der Waals surface area (Å²) in [6.07, 6.45) is 0. The second-order valence-corrected chi connectivity index (χ2v) is 12.2. The SMILES string of the molecule is CC1(C)c2ccccc2-c2cc3c(cc21)oc1cc(-c2nc(-c4ccc(-c5ccccc5)cc4)c4ccccc4n2)ccc13. The van der Waals surface area contributed by atoms with E-state index in [1.807, 2.05) is 18.2 Å². The zero-order valence-corrected chi connectivity index (χ0v) is 24.5. The molecule has 2 aromatic heterocycles. The van der Waals surface area contributed by atoms with Gasteiger partial charge in [0.25, 0.3) is 0 Å². The van der Waals surface area contributed by atoms with Gasteiger partial charge in [0.05, 0.1) is 11.2 Å². The fraction of sp³-hybridized carbons (Fsp3) is 0.0732. The average molecular weight is 565 g/mol. The summed E-state index contributed by atoms with van der Waals surface area (Å²) in [5.41, 5.74) is 13.2. The molecule has 3 nitrogen and oxygen atoms in total. The van der Waals surface area contributed by atoms with Crippen LogP contribution in [0.25, 0.3) is 77.7 Å². The van der Waals surface area contributed by atoms with Gasteiger partial charge in [-0.2, -0.15) is 0 Å². The van der Waals surface area contributed by atoms with E-state index in [0.717, 1.165) is 49.7 Å². The highest BCUT2D eigenvalue weighted by Gasteiger charge is 2.36. The molecule has 6 aromatic carbocycles. The molecule has 1 aliphatic rings. The molecule has 0 bridgehead atoms. The quantitative estimate of drug-likeness (QED) is 0.214. The Labute approximate surface area is 255 Å². The van der Waals surface area contributed by atoms with E-state index in [9.17, 15) is 0 Å². The van der Waals surface area contributed by atoms with Crippen LogP contribution in [-0.2, 0) is 5.41 Å². The minimum absolute atomic E-state index is 0.0705. The van der Waals surface area contributed by atoms with Gasteiger partial charge in [-0.1, -0.05) is 117 Å². The lowest BCUT2D eigenvalue weighted by Crippen LogP contribution is -2.14. The predicted molar refractivity (Wildman–Crippen MR) is 181 cm³/mol. The van der Waals surface area contributed by atoms with Crippen LogP contribution in [0.15, 0.2) is 138 Å². The van der Waals surface area contributed by atoms with E-state index in [2.05, 4.69) is 129 Å². The highest BCUT2D eigenvalue weighted by atomic mass is 16.3. The molecule has 9 rings (SSSR count). The van der Waals surface area contributed by atoms with Crippen molar-refractivity contribution in [1.29, 1.82) is 0 Å². The van der Waals surface area contributed by atoms with Crippen molar-refractivity contribution in [3.05, 3.63) is 145 Å². The molecule has 3 heteroatoms. The summed E-state index contributed by atoms with van der Waals surface area (Å²) < 4.78 is 6.53. The number of nitrogens with zero attached hydrogens (tertiary/aromatic N) is 2. The van der Waals surface area contributed by atoms with Crippen LogP contribution >= 0.6 is 0 Å². The van der Waals surface area contributed by atoms with Crippen molar-refractivity contribution < 1.29 is 4.42 Å². The largest absolute Gasteiger partial charge is 0.456 e. The van der Waals surface area contributed by atoms with Crippen LogP contribution in [0.3, 0.4) is 0 Å². The first-order chi connectivity index (χ1) is 21.5. The highest BCUT2D eigenvalue weighted by Crippen LogP contribution is 2.50. The van der Waals surface area contributed by atoms with Gasteiger partial charge < -0.3 is 4.42 Å². The number of benzene rings is 6. The Morgan fingerprint density at radius 2 is 1.16 bits per heavy atom. The van der Waals surface area contributed by atoms with Crippen molar-refractivity contribution in [2.24, 2.45) is 0 Å². The molecule has 0 spiro atoms. The summed E-state index contributed by atoms with van der Waals surface area (Å²) in [5.74, 6) is 0.686. The van der Waals surface area contributed by atoms with Crippen LogP contribution in [0.2, 0.25) is 0 Å². The van der Waals surface area contributed by atoms with E-state index in [1.165, 1.54) is 33.4 Å². The first-order valence-electron chi connectivity index (χ1n) is 15.1.